The summed E-state index contributed by atoms with van der Waals surface area (Å²) in [6, 6.07) is 18.2. The first-order valence-corrected chi connectivity index (χ1v) is 9.08. The van der Waals surface area contributed by atoms with Crippen LogP contribution in [0.4, 0.5) is 11.4 Å². The highest BCUT2D eigenvalue weighted by atomic mass is 16.1. The van der Waals surface area contributed by atoms with Crippen LogP contribution in [-0.4, -0.2) is 22.7 Å². The first kappa shape index (κ1) is 18.7. The zero-order valence-electron chi connectivity index (χ0n) is 16.4. The van der Waals surface area contributed by atoms with E-state index in [0.29, 0.717) is 6.42 Å². The Balaban J connectivity index is 1.74. The maximum Gasteiger partial charge on any atom is 0.228 e. The number of nitrogens with one attached hydrogen (secondary N) is 1. The van der Waals surface area contributed by atoms with E-state index in [4.69, 9.17) is 0 Å². The Morgan fingerprint density at radius 2 is 1.74 bits per heavy atom. The van der Waals surface area contributed by atoms with Gasteiger partial charge in [-0.1, -0.05) is 42.5 Å². The van der Waals surface area contributed by atoms with Gasteiger partial charge in [0.15, 0.2) is 0 Å². The van der Waals surface area contributed by atoms with Gasteiger partial charge in [0.05, 0.1) is 23.5 Å². The van der Waals surface area contributed by atoms with E-state index < -0.39 is 0 Å². The lowest BCUT2D eigenvalue weighted by atomic mass is 10.1. The van der Waals surface area contributed by atoms with Gasteiger partial charge in [-0.3, -0.25) is 9.48 Å². The number of hydrogen-bond acceptors (Lipinski definition) is 3. The molecule has 0 aliphatic carbocycles. The SMILES string of the molecule is Cc1nn(C)c(C)c1CC(=O)Nc1ccccc1N(C)Cc1ccccc1. The van der Waals surface area contributed by atoms with Gasteiger partial charge in [0, 0.05) is 31.9 Å². The highest BCUT2D eigenvalue weighted by Gasteiger charge is 2.15. The van der Waals surface area contributed by atoms with E-state index in [-0.39, 0.29) is 5.91 Å². The molecule has 1 aromatic heterocycles. The molecule has 5 heteroatoms. The van der Waals surface area contributed by atoms with Gasteiger partial charge in [0.2, 0.25) is 5.91 Å². The minimum absolute atomic E-state index is 0.0326. The fourth-order valence-electron chi connectivity index (χ4n) is 3.28. The number of carbonyl (C=O) groups is 1. The molecular weight excluding hydrogens is 336 g/mol. The molecule has 3 rings (SSSR count). The van der Waals surface area contributed by atoms with Crippen molar-refractivity contribution in [1.82, 2.24) is 9.78 Å². The summed E-state index contributed by atoms with van der Waals surface area (Å²) in [5, 5.41) is 7.46. The molecule has 27 heavy (non-hydrogen) atoms. The van der Waals surface area contributed by atoms with Crippen molar-refractivity contribution >= 4 is 17.3 Å². The highest BCUT2D eigenvalue weighted by Crippen LogP contribution is 2.26. The summed E-state index contributed by atoms with van der Waals surface area (Å²) in [4.78, 5) is 14.8. The molecule has 3 aromatic rings. The quantitative estimate of drug-likeness (QED) is 0.724. The van der Waals surface area contributed by atoms with Gasteiger partial charge in [-0.25, -0.2) is 0 Å². The van der Waals surface area contributed by atoms with Crippen molar-refractivity contribution in [3.8, 4) is 0 Å². The van der Waals surface area contributed by atoms with Crippen molar-refractivity contribution in [2.75, 3.05) is 17.3 Å². The van der Waals surface area contributed by atoms with E-state index in [1.165, 1.54) is 5.56 Å². The van der Waals surface area contributed by atoms with E-state index >= 15 is 0 Å². The molecule has 0 spiro atoms. The van der Waals surface area contributed by atoms with Crippen molar-refractivity contribution < 1.29 is 4.79 Å². The number of anilines is 2. The summed E-state index contributed by atoms with van der Waals surface area (Å²) in [6.07, 6.45) is 0.322. The van der Waals surface area contributed by atoms with E-state index in [0.717, 1.165) is 34.9 Å². The van der Waals surface area contributed by atoms with Gasteiger partial charge in [-0.05, 0) is 31.5 Å². The first-order chi connectivity index (χ1) is 13.0. The number of benzene rings is 2. The van der Waals surface area contributed by atoms with Crippen LogP contribution in [0.1, 0.15) is 22.5 Å². The Kier molecular flexibility index (Phi) is 5.60. The summed E-state index contributed by atoms with van der Waals surface area (Å²) in [5.74, 6) is -0.0326. The zero-order valence-corrected chi connectivity index (χ0v) is 16.4. The van der Waals surface area contributed by atoms with Gasteiger partial charge in [-0.15, -0.1) is 0 Å². The molecule has 0 unspecified atom stereocenters. The second-order valence-electron chi connectivity index (χ2n) is 6.86. The smallest absolute Gasteiger partial charge is 0.228 e. The zero-order chi connectivity index (χ0) is 19.4. The fraction of sp³-hybridized carbons (Fsp3) is 0.273. The summed E-state index contributed by atoms with van der Waals surface area (Å²) in [7, 11) is 3.94. The maximum absolute atomic E-state index is 12.7. The monoisotopic (exact) mass is 362 g/mol. The second-order valence-corrected chi connectivity index (χ2v) is 6.86. The minimum atomic E-state index is -0.0326. The number of aromatic nitrogens is 2. The van der Waals surface area contributed by atoms with E-state index in [1.807, 2.05) is 75.1 Å². The van der Waals surface area contributed by atoms with E-state index in [1.54, 1.807) is 0 Å². The third-order valence-corrected chi connectivity index (χ3v) is 4.85. The third-order valence-electron chi connectivity index (χ3n) is 4.85. The molecular formula is C22H26N4O. The van der Waals surface area contributed by atoms with Crippen LogP contribution in [0.15, 0.2) is 54.6 Å². The molecule has 0 aliphatic rings. The van der Waals surface area contributed by atoms with Crippen LogP contribution in [0.25, 0.3) is 0 Å². The molecule has 0 saturated heterocycles. The largest absolute Gasteiger partial charge is 0.369 e. The normalized spacial score (nSPS) is 10.7. The predicted octanol–water partition coefficient (Wildman–Crippen LogP) is 3.85. The van der Waals surface area contributed by atoms with E-state index in [9.17, 15) is 4.79 Å². The average molecular weight is 362 g/mol. The molecule has 0 radical (unpaired) electrons. The van der Waals surface area contributed by atoms with Crippen molar-refractivity contribution in [3.63, 3.8) is 0 Å². The molecule has 1 amide bonds. The van der Waals surface area contributed by atoms with Crippen LogP contribution in [0, 0.1) is 13.8 Å². The number of rotatable bonds is 6. The van der Waals surface area contributed by atoms with Gasteiger partial charge in [-0.2, -0.15) is 5.10 Å². The number of carbonyl (C=O) groups excluding carboxylic acids is 1. The Bertz CT molecular complexity index is 931. The molecule has 5 nitrogen and oxygen atoms in total. The van der Waals surface area contributed by atoms with Crippen LogP contribution in [0.3, 0.4) is 0 Å². The minimum Gasteiger partial charge on any atom is -0.369 e. The lowest BCUT2D eigenvalue weighted by molar-refractivity contribution is -0.115. The number of nitrogens with zero attached hydrogens (tertiary/aromatic N) is 3. The highest BCUT2D eigenvalue weighted by molar-refractivity contribution is 5.95. The standard InChI is InChI=1S/C22H26N4O/c1-16-19(17(2)26(4)24-16)14-22(27)23-20-12-8-9-13-21(20)25(3)15-18-10-6-5-7-11-18/h5-13H,14-15H2,1-4H3,(H,23,27). The maximum atomic E-state index is 12.7. The third kappa shape index (κ3) is 4.37. The fourth-order valence-corrected chi connectivity index (χ4v) is 3.28. The van der Waals surface area contributed by atoms with Crippen molar-refractivity contribution in [1.29, 1.82) is 0 Å². The summed E-state index contributed by atoms with van der Waals surface area (Å²) in [6.45, 7) is 4.70. The number of amides is 1. The van der Waals surface area contributed by atoms with Crippen LogP contribution >= 0.6 is 0 Å². The van der Waals surface area contributed by atoms with Gasteiger partial charge in [0.1, 0.15) is 0 Å². The molecule has 0 atom stereocenters. The lowest BCUT2D eigenvalue weighted by Gasteiger charge is -2.23. The molecule has 0 aliphatic heterocycles. The molecule has 0 bridgehead atoms. The molecule has 1 N–H and O–H groups in total. The van der Waals surface area contributed by atoms with Gasteiger partial charge < -0.3 is 10.2 Å². The van der Waals surface area contributed by atoms with Crippen LogP contribution < -0.4 is 10.2 Å². The number of hydrogen-bond donors (Lipinski definition) is 1. The van der Waals surface area contributed by atoms with Crippen molar-refractivity contribution in [2.24, 2.45) is 7.05 Å². The topological polar surface area (TPSA) is 50.2 Å². The number of para-hydroxylation sites is 2. The van der Waals surface area contributed by atoms with Gasteiger partial charge >= 0.3 is 0 Å². The van der Waals surface area contributed by atoms with Crippen LogP contribution in [0.2, 0.25) is 0 Å². The van der Waals surface area contributed by atoms with Crippen LogP contribution in [-0.2, 0) is 24.8 Å². The Labute approximate surface area is 160 Å². The second kappa shape index (κ2) is 8.08. The van der Waals surface area contributed by atoms with Crippen LogP contribution in [0.5, 0.6) is 0 Å². The Hall–Kier alpha value is -3.08. The van der Waals surface area contributed by atoms with Crippen molar-refractivity contribution in [3.05, 3.63) is 77.1 Å². The number of aryl methyl sites for hydroxylation is 2. The van der Waals surface area contributed by atoms with E-state index in [2.05, 4.69) is 27.4 Å². The molecule has 2 aromatic carbocycles. The average Bonchev–Trinajstić information content (AvgIpc) is 2.89. The Morgan fingerprint density at radius 1 is 1.07 bits per heavy atom. The summed E-state index contributed by atoms with van der Waals surface area (Å²) in [5.41, 5.74) is 5.96. The Morgan fingerprint density at radius 3 is 2.41 bits per heavy atom. The first-order valence-electron chi connectivity index (χ1n) is 9.08. The van der Waals surface area contributed by atoms with Crippen molar-refractivity contribution in [2.45, 2.75) is 26.8 Å². The lowest BCUT2D eigenvalue weighted by Crippen LogP contribution is -2.21. The summed E-state index contributed by atoms with van der Waals surface area (Å²) >= 11 is 0. The molecule has 140 valence electrons. The molecule has 0 fully saturated rings. The molecule has 1 heterocycles. The predicted molar refractivity (Wildman–Crippen MR) is 110 cm³/mol. The molecule has 0 saturated carbocycles. The van der Waals surface area contributed by atoms with Gasteiger partial charge in [0.25, 0.3) is 0 Å². The summed E-state index contributed by atoms with van der Waals surface area (Å²) < 4.78 is 1.82.